The van der Waals surface area contributed by atoms with Crippen molar-refractivity contribution in [2.75, 3.05) is 33.2 Å². The van der Waals surface area contributed by atoms with Crippen LogP contribution >= 0.6 is 0 Å². The van der Waals surface area contributed by atoms with Crippen LogP contribution in [0.3, 0.4) is 0 Å². The summed E-state index contributed by atoms with van der Waals surface area (Å²) < 4.78 is 16.3. The number of benzene rings is 2. The molecule has 0 radical (unpaired) electrons. The summed E-state index contributed by atoms with van der Waals surface area (Å²) in [5.41, 5.74) is 3.42. The zero-order valence-corrected chi connectivity index (χ0v) is 14.9. The highest BCUT2D eigenvalue weighted by Gasteiger charge is 2.12. The molecule has 25 heavy (non-hydrogen) atoms. The fourth-order valence-corrected chi connectivity index (χ4v) is 2.58. The first-order valence-corrected chi connectivity index (χ1v) is 7.95. The maximum absolute atomic E-state index is 9.24. The summed E-state index contributed by atoms with van der Waals surface area (Å²) in [4.78, 5) is 0. The topological polar surface area (TPSA) is 63.5 Å². The van der Waals surface area contributed by atoms with Gasteiger partial charge in [-0.05, 0) is 47.9 Å². The summed E-state index contributed by atoms with van der Waals surface area (Å²) in [6.07, 6.45) is 1.53. The van der Waals surface area contributed by atoms with E-state index < -0.39 is 0 Å². The summed E-state index contributed by atoms with van der Waals surface area (Å²) in [6, 6.07) is 13.5. The Balaban J connectivity index is 2.55. The Hall–Kier alpha value is -3.13. The predicted molar refractivity (Wildman–Crippen MR) is 99.4 cm³/mol. The maximum Gasteiger partial charge on any atom is 0.161 e. The summed E-state index contributed by atoms with van der Waals surface area (Å²) in [7, 11) is 5.06. The van der Waals surface area contributed by atoms with Crippen molar-refractivity contribution in [2.45, 2.75) is 6.92 Å². The number of hydrogen-bond donors (Lipinski definition) is 1. The van der Waals surface area contributed by atoms with Gasteiger partial charge in [-0.3, -0.25) is 0 Å². The van der Waals surface area contributed by atoms with Crippen molar-refractivity contribution in [3.05, 3.63) is 53.6 Å². The Bertz CT molecular complexity index is 807. The normalized spacial score (nSPS) is 10.8. The number of nitrogens with one attached hydrogen (secondary N) is 1. The Morgan fingerprint density at radius 1 is 1.04 bits per heavy atom. The van der Waals surface area contributed by atoms with Crippen LogP contribution in [0, 0.1) is 11.3 Å². The third kappa shape index (κ3) is 4.04. The monoisotopic (exact) mass is 338 g/mol. The molecule has 0 aliphatic rings. The molecular formula is C20H22N2O3. The van der Waals surface area contributed by atoms with E-state index >= 15 is 0 Å². The first-order valence-electron chi connectivity index (χ1n) is 7.95. The van der Waals surface area contributed by atoms with Crippen molar-refractivity contribution in [1.82, 2.24) is 0 Å². The molecular weight excluding hydrogens is 316 g/mol. The summed E-state index contributed by atoms with van der Waals surface area (Å²) in [5, 5.41) is 12.3. The number of nitriles is 1. The fourth-order valence-electron chi connectivity index (χ4n) is 2.58. The predicted octanol–water partition coefficient (Wildman–Crippen LogP) is 4.10. The lowest BCUT2D eigenvalue weighted by molar-refractivity contribution is 0.311. The van der Waals surface area contributed by atoms with Crippen LogP contribution in [0.2, 0.25) is 0 Å². The van der Waals surface area contributed by atoms with Gasteiger partial charge < -0.3 is 19.5 Å². The molecule has 1 N–H and O–H groups in total. The highest BCUT2D eigenvalue weighted by molar-refractivity contribution is 5.84. The molecule has 0 aliphatic heterocycles. The van der Waals surface area contributed by atoms with E-state index in [9.17, 15) is 5.26 Å². The second-order valence-electron chi connectivity index (χ2n) is 5.15. The van der Waals surface area contributed by atoms with Crippen LogP contribution in [0.15, 0.2) is 42.5 Å². The van der Waals surface area contributed by atoms with Gasteiger partial charge in [-0.15, -0.1) is 0 Å². The lowest BCUT2D eigenvalue weighted by Gasteiger charge is -2.15. The van der Waals surface area contributed by atoms with Gasteiger partial charge >= 0.3 is 0 Å². The van der Waals surface area contributed by atoms with E-state index in [2.05, 4.69) is 11.4 Å². The van der Waals surface area contributed by atoms with Crippen LogP contribution in [-0.4, -0.2) is 27.9 Å². The third-order valence-corrected chi connectivity index (χ3v) is 3.76. The Morgan fingerprint density at radius 2 is 1.68 bits per heavy atom. The molecule has 130 valence electrons. The molecule has 2 aromatic carbocycles. The summed E-state index contributed by atoms with van der Waals surface area (Å²) >= 11 is 0. The average Bonchev–Trinajstić information content (AvgIpc) is 2.65. The van der Waals surface area contributed by atoms with Gasteiger partial charge in [0.25, 0.3) is 0 Å². The van der Waals surface area contributed by atoms with E-state index in [1.54, 1.807) is 14.2 Å². The molecule has 0 saturated carbocycles. The van der Waals surface area contributed by atoms with Gasteiger partial charge in [-0.2, -0.15) is 5.26 Å². The number of ether oxygens (including phenoxy) is 3. The van der Waals surface area contributed by atoms with Crippen LogP contribution in [0.25, 0.3) is 5.57 Å². The molecule has 5 nitrogen and oxygen atoms in total. The van der Waals surface area contributed by atoms with E-state index in [0.29, 0.717) is 18.1 Å². The highest BCUT2D eigenvalue weighted by Crippen LogP contribution is 2.35. The number of allylic oxidation sites excluding steroid dienone is 1. The van der Waals surface area contributed by atoms with E-state index in [0.717, 1.165) is 28.1 Å². The average molecular weight is 338 g/mol. The largest absolute Gasteiger partial charge is 0.495 e. The lowest BCUT2D eigenvalue weighted by atomic mass is 9.96. The second kappa shape index (κ2) is 8.65. The van der Waals surface area contributed by atoms with Crippen molar-refractivity contribution in [1.29, 1.82) is 5.26 Å². The number of nitrogens with zero attached hydrogens (tertiary/aromatic N) is 1. The molecule has 0 amide bonds. The fraction of sp³-hybridized carbons (Fsp3) is 0.250. The van der Waals surface area contributed by atoms with Gasteiger partial charge in [0, 0.05) is 13.1 Å². The maximum atomic E-state index is 9.24. The van der Waals surface area contributed by atoms with Crippen molar-refractivity contribution in [3.63, 3.8) is 0 Å². The van der Waals surface area contributed by atoms with Gasteiger partial charge in [0.1, 0.15) is 5.75 Å². The van der Waals surface area contributed by atoms with Crippen LogP contribution in [0.1, 0.15) is 18.1 Å². The Labute approximate surface area is 148 Å². The second-order valence-corrected chi connectivity index (χ2v) is 5.15. The van der Waals surface area contributed by atoms with Gasteiger partial charge in [-0.25, -0.2) is 0 Å². The van der Waals surface area contributed by atoms with Gasteiger partial charge in [0.2, 0.25) is 0 Å². The molecule has 0 saturated heterocycles. The molecule has 0 heterocycles. The van der Waals surface area contributed by atoms with Crippen molar-refractivity contribution in [3.8, 4) is 23.3 Å². The van der Waals surface area contributed by atoms with Crippen molar-refractivity contribution >= 4 is 11.3 Å². The molecule has 5 heteroatoms. The molecule has 0 fully saturated rings. The number of anilines is 1. The standard InChI is InChI=1S/C20H22N2O3/c1-5-25-20-13-15(7-9-19(20)24-4)16(10-11-21)14-6-8-18(23-3)17(12-14)22-2/h6-10,12-13,22H,5H2,1-4H3/b16-10+. The van der Waals surface area contributed by atoms with Gasteiger partial charge in [0.05, 0.1) is 32.6 Å². The van der Waals surface area contributed by atoms with Crippen LogP contribution < -0.4 is 19.5 Å². The van der Waals surface area contributed by atoms with E-state index in [1.165, 1.54) is 6.08 Å². The zero-order valence-electron chi connectivity index (χ0n) is 14.9. The first-order chi connectivity index (χ1) is 12.2. The van der Waals surface area contributed by atoms with Crippen molar-refractivity contribution in [2.24, 2.45) is 0 Å². The van der Waals surface area contributed by atoms with Gasteiger partial charge in [-0.1, -0.05) is 12.1 Å². The van der Waals surface area contributed by atoms with Gasteiger partial charge in [0.15, 0.2) is 11.5 Å². The highest BCUT2D eigenvalue weighted by atomic mass is 16.5. The van der Waals surface area contributed by atoms with Crippen molar-refractivity contribution < 1.29 is 14.2 Å². The van der Waals surface area contributed by atoms with E-state index in [-0.39, 0.29) is 0 Å². The summed E-state index contributed by atoms with van der Waals surface area (Å²) in [5.74, 6) is 2.05. The lowest BCUT2D eigenvalue weighted by Crippen LogP contribution is -1.98. The zero-order chi connectivity index (χ0) is 18.2. The molecule has 0 bridgehead atoms. The Kier molecular flexibility index (Phi) is 6.30. The molecule has 2 aromatic rings. The summed E-state index contributed by atoms with van der Waals surface area (Å²) in [6.45, 7) is 2.45. The third-order valence-electron chi connectivity index (χ3n) is 3.76. The number of rotatable bonds is 7. The van der Waals surface area contributed by atoms with E-state index in [4.69, 9.17) is 14.2 Å². The molecule has 2 rings (SSSR count). The molecule has 0 atom stereocenters. The molecule has 0 aliphatic carbocycles. The smallest absolute Gasteiger partial charge is 0.161 e. The molecule has 0 aromatic heterocycles. The first kappa shape index (κ1) is 18.2. The number of methoxy groups -OCH3 is 2. The molecule has 0 unspecified atom stereocenters. The number of hydrogen-bond acceptors (Lipinski definition) is 5. The van der Waals surface area contributed by atoms with Crippen LogP contribution in [0.5, 0.6) is 17.2 Å². The van der Waals surface area contributed by atoms with Crippen LogP contribution in [0.4, 0.5) is 5.69 Å². The quantitative estimate of drug-likeness (QED) is 0.770. The Morgan fingerprint density at radius 3 is 2.24 bits per heavy atom. The van der Waals surface area contributed by atoms with Crippen LogP contribution in [-0.2, 0) is 0 Å². The minimum Gasteiger partial charge on any atom is -0.495 e. The van der Waals surface area contributed by atoms with E-state index in [1.807, 2.05) is 50.4 Å². The SMILES string of the molecule is CCOc1cc(/C(=C/C#N)c2ccc(OC)c(NC)c2)ccc1OC. The minimum atomic E-state index is 0.531. The molecule has 0 spiro atoms. The minimum absolute atomic E-state index is 0.531.